The number of unbranched alkanes of at least 4 members (excludes halogenated alkanes) is 1. The van der Waals surface area contributed by atoms with Crippen LogP contribution in [0.15, 0.2) is 0 Å². The van der Waals surface area contributed by atoms with Crippen molar-refractivity contribution in [2.75, 3.05) is 13.1 Å². The van der Waals surface area contributed by atoms with E-state index in [1.807, 2.05) is 0 Å². The second-order valence-electron chi connectivity index (χ2n) is 4.94. The van der Waals surface area contributed by atoms with Crippen LogP contribution in [0, 0.1) is 11.8 Å². The number of rotatable bonds is 6. The minimum atomic E-state index is 0. The molecule has 0 spiro atoms. The zero-order chi connectivity index (χ0) is 11.8. The molecule has 3 N–H and O–H groups in total. The standard InChI is InChI=1S/C13H26N2O.ClH/c1-2-3-4-11-5-7-12(8-6-11)13(16)15-10-9-14;/h11-12H,2-10,14H2,1H3,(H,15,16);1H. The van der Waals surface area contributed by atoms with Gasteiger partial charge in [-0.15, -0.1) is 12.4 Å². The average molecular weight is 263 g/mol. The van der Waals surface area contributed by atoms with Crippen molar-refractivity contribution in [1.82, 2.24) is 5.32 Å². The lowest BCUT2D eigenvalue weighted by Crippen LogP contribution is -2.36. The first-order valence-corrected chi connectivity index (χ1v) is 6.75. The van der Waals surface area contributed by atoms with Gasteiger partial charge in [0.2, 0.25) is 5.91 Å². The van der Waals surface area contributed by atoms with Crippen LogP contribution in [-0.2, 0) is 4.79 Å². The lowest BCUT2D eigenvalue weighted by Gasteiger charge is -2.27. The van der Waals surface area contributed by atoms with Crippen molar-refractivity contribution in [2.24, 2.45) is 17.6 Å². The molecule has 3 nitrogen and oxygen atoms in total. The molecule has 1 rings (SSSR count). The van der Waals surface area contributed by atoms with Crippen LogP contribution in [0.5, 0.6) is 0 Å². The molecule has 4 heteroatoms. The number of nitrogens with one attached hydrogen (secondary N) is 1. The van der Waals surface area contributed by atoms with Gasteiger partial charge in [0.05, 0.1) is 0 Å². The van der Waals surface area contributed by atoms with Gasteiger partial charge in [0.1, 0.15) is 0 Å². The quantitative estimate of drug-likeness (QED) is 0.773. The third-order valence-corrected chi connectivity index (χ3v) is 3.63. The number of halogens is 1. The highest BCUT2D eigenvalue weighted by Crippen LogP contribution is 2.31. The molecule has 1 aliphatic carbocycles. The van der Waals surface area contributed by atoms with E-state index in [1.54, 1.807) is 0 Å². The fraction of sp³-hybridized carbons (Fsp3) is 0.923. The van der Waals surface area contributed by atoms with E-state index in [0.29, 0.717) is 13.1 Å². The summed E-state index contributed by atoms with van der Waals surface area (Å²) < 4.78 is 0. The molecule has 0 atom stereocenters. The van der Waals surface area contributed by atoms with Gasteiger partial charge in [-0.3, -0.25) is 4.79 Å². The van der Waals surface area contributed by atoms with E-state index >= 15 is 0 Å². The Labute approximate surface area is 111 Å². The summed E-state index contributed by atoms with van der Waals surface area (Å²) in [6, 6.07) is 0. The van der Waals surface area contributed by atoms with E-state index in [2.05, 4.69) is 12.2 Å². The second kappa shape index (κ2) is 9.72. The van der Waals surface area contributed by atoms with Gasteiger partial charge in [0.25, 0.3) is 0 Å². The van der Waals surface area contributed by atoms with E-state index in [0.717, 1.165) is 18.8 Å². The molecule has 0 aromatic carbocycles. The summed E-state index contributed by atoms with van der Waals surface area (Å²) in [6.07, 6.45) is 8.61. The highest BCUT2D eigenvalue weighted by atomic mass is 35.5. The van der Waals surface area contributed by atoms with Crippen molar-refractivity contribution in [3.05, 3.63) is 0 Å². The normalized spacial score (nSPS) is 23.9. The fourth-order valence-electron chi connectivity index (χ4n) is 2.55. The first kappa shape index (κ1) is 16.7. The molecular formula is C13H27ClN2O. The lowest BCUT2D eigenvalue weighted by molar-refractivity contribution is -0.126. The maximum absolute atomic E-state index is 11.7. The van der Waals surface area contributed by atoms with Crippen LogP contribution in [0.3, 0.4) is 0 Å². The molecule has 1 saturated carbocycles. The van der Waals surface area contributed by atoms with E-state index in [-0.39, 0.29) is 24.2 Å². The molecular weight excluding hydrogens is 236 g/mol. The second-order valence-corrected chi connectivity index (χ2v) is 4.94. The monoisotopic (exact) mass is 262 g/mol. The van der Waals surface area contributed by atoms with Gasteiger partial charge in [-0.1, -0.05) is 26.2 Å². The zero-order valence-corrected chi connectivity index (χ0v) is 11.7. The smallest absolute Gasteiger partial charge is 0.223 e. The summed E-state index contributed by atoms with van der Waals surface area (Å²) >= 11 is 0. The van der Waals surface area contributed by atoms with Gasteiger partial charge in [-0.2, -0.15) is 0 Å². The van der Waals surface area contributed by atoms with Crippen molar-refractivity contribution in [3.8, 4) is 0 Å². The first-order chi connectivity index (χ1) is 7.77. The minimum Gasteiger partial charge on any atom is -0.355 e. The summed E-state index contributed by atoms with van der Waals surface area (Å²) in [5, 5.41) is 2.90. The van der Waals surface area contributed by atoms with Gasteiger partial charge in [0.15, 0.2) is 0 Å². The molecule has 0 unspecified atom stereocenters. The maximum Gasteiger partial charge on any atom is 0.223 e. The molecule has 0 saturated heterocycles. The largest absolute Gasteiger partial charge is 0.355 e. The van der Waals surface area contributed by atoms with Crippen molar-refractivity contribution >= 4 is 18.3 Å². The van der Waals surface area contributed by atoms with Crippen molar-refractivity contribution in [1.29, 1.82) is 0 Å². The Hall–Kier alpha value is -0.280. The molecule has 102 valence electrons. The number of carbonyl (C=O) groups is 1. The predicted molar refractivity (Wildman–Crippen MR) is 74.3 cm³/mol. The average Bonchev–Trinajstić information content (AvgIpc) is 2.34. The summed E-state index contributed by atoms with van der Waals surface area (Å²) in [5.74, 6) is 1.35. The summed E-state index contributed by atoms with van der Waals surface area (Å²) in [5.41, 5.74) is 5.37. The Kier molecular flexibility index (Phi) is 9.56. The van der Waals surface area contributed by atoms with Gasteiger partial charge in [-0.05, 0) is 31.6 Å². The van der Waals surface area contributed by atoms with Gasteiger partial charge in [-0.25, -0.2) is 0 Å². The topological polar surface area (TPSA) is 55.1 Å². The Morgan fingerprint density at radius 3 is 2.47 bits per heavy atom. The van der Waals surface area contributed by atoms with Crippen LogP contribution in [0.4, 0.5) is 0 Å². The zero-order valence-electron chi connectivity index (χ0n) is 10.9. The molecule has 0 radical (unpaired) electrons. The molecule has 1 fully saturated rings. The van der Waals surface area contributed by atoms with E-state index in [4.69, 9.17) is 5.73 Å². The van der Waals surface area contributed by atoms with Crippen molar-refractivity contribution < 1.29 is 4.79 Å². The predicted octanol–water partition coefficient (Wildman–Crippen LogP) is 2.48. The molecule has 0 heterocycles. The Morgan fingerprint density at radius 2 is 1.94 bits per heavy atom. The van der Waals surface area contributed by atoms with Crippen molar-refractivity contribution in [3.63, 3.8) is 0 Å². The Morgan fingerprint density at radius 1 is 1.29 bits per heavy atom. The minimum absolute atomic E-state index is 0. The van der Waals surface area contributed by atoms with Crippen LogP contribution in [0.1, 0.15) is 51.9 Å². The first-order valence-electron chi connectivity index (χ1n) is 6.75. The van der Waals surface area contributed by atoms with Crippen molar-refractivity contribution in [2.45, 2.75) is 51.9 Å². The van der Waals surface area contributed by atoms with Crippen LogP contribution in [0.2, 0.25) is 0 Å². The third-order valence-electron chi connectivity index (χ3n) is 3.63. The summed E-state index contributed by atoms with van der Waals surface area (Å²) in [4.78, 5) is 11.7. The van der Waals surface area contributed by atoms with E-state index in [1.165, 1.54) is 32.1 Å². The molecule has 0 bridgehead atoms. The van der Waals surface area contributed by atoms with Crippen LogP contribution < -0.4 is 11.1 Å². The SMILES string of the molecule is CCCCC1CCC(C(=O)NCCN)CC1.Cl. The van der Waals surface area contributed by atoms with Crippen LogP contribution >= 0.6 is 12.4 Å². The van der Waals surface area contributed by atoms with Gasteiger partial charge < -0.3 is 11.1 Å². The molecule has 1 amide bonds. The van der Waals surface area contributed by atoms with Gasteiger partial charge in [0, 0.05) is 19.0 Å². The van der Waals surface area contributed by atoms with Crippen LogP contribution in [-0.4, -0.2) is 19.0 Å². The number of hydrogen-bond acceptors (Lipinski definition) is 2. The Bertz CT molecular complexity index is 204. The van der Waals surface area contributed by atoms with E-state index in [9.17, 15) is 4.79 Å². The maximum atomic E-state index is 11.7. The third kappa shape index (κ3) is 6.27. The number of carbonyl (C=O) groups excluding carboxylic acids is 1. The Balaban J connectivity index is 0.00000256. The number of hydrogen-bond donors (Lipinski definition) is 2. The summed E-state index contributed by atoms with van der Waals surface area (Å²) in [7, 11) is 0. The molecule has 1 aliphatic rings. The van der Waals surface area contributed by atoms with Gasteiger partial charge >= 0.3 is 0 Å². The molecule has 17 heavy (non-hydrogen) atoms. The number of nitrogens with two attached hydrogens (primary N) is 1. The lowest BCUT2D eigenvalue weighted by atomic mass is 9.79. The number of amides is 1. The molecule has 0 aromatic rings. The summed E-state index contributed by atoms with van der Waals surface area (Å²) in [6.45, 7) is 3.40. The highest BCUT2D eigenvalue weighted by Gasteiger charge is 2.25. The highest BCUT2D eigenvalue weighted by molar-refractivity contribution is 5.85. The molecule has 0 aromatic heterocycles. The van der Waals surface area contributed by atoms with E-state index < -0.39 is 0 Å². The fourth-order valence-corrected chi connectivity index (χ4v) is 2.55. The molecule has 0 aliphatic heterocycles. The van der Waals surface area contributed by atoms with Crippen LogP contribution in [0.25, 0.3) is 0 Å².